The molecule has 2 aromatic heterocycles. The van der Waals surface area contributed by atoms with Crippen molar-refractivity contribution >= 4 is 34.4 Å². The number of thioether (sulfide) groups is 1. The number of fused-ring (bicyclic) bond motifs is 1. The van der Waals surface area contributed by atoms with E-state index in [9.17, 15) is 9.59 Å². The van der Waals surface area contributed by atoms with Crippen LogP contribution >= 0.6 is 11.8 Å². The molecule has 0 fully saturated rings. The molecule has 0 aliphatic carbocycles. The fourth-order valence-electron chi connectivity index (χ4n) is 2.97. The molecule has 3 aromatic rings. The molecule has 0 unspecified atom stereocenters. The fraction of sp³-hybridized carbons (Fsp3) is 0.400. The van der Waals surface area contributed by atoms with Crippen molar-refractivity contribution in [2.75, 3.05) is 30.7 Å². The molecule has 29 heavy (non-hydrogen) atoms. The van der Waals surface area contributed by atoms with Crippen LogP contribution in [0.5, 0.6) is 0 Å². The van der Waals surface area contributed by atoms with Crippen LogP contribution < -0.4 is 10.9 Å². The van der Waals surface area contributed by atoms with Crippen molar-refractivity contribution in [3.8, 4) is 0 Å². The Balaban J connectivity index is 1.81. The molecule has 1 N–H and O–H groups in total. The Morgan fingerprint density at radius 3 is 2.72 bits per heavy atom. The summed E-state index contributed by atoms with van der Waals surface area (Å²) >= 11 is 1.24. The second kappa shape index (κ2) is 9.71. The number of carbonyl (C=O) groups is 1. The van der Waals surface area contributed by atoms with Gasteiger partial charge in [0.25, 0.3) is 5.56 Å². The summed E-state index contributed by atoms with van der Waals surface area (Å²) in [5, 5.41) is 7.56. The number of nitrogens with one attached hydrogen (secondary N) is 1. The van der Waals surface area contributed by atoms with Crippen LogP contribution in [0.3, 0.4) is 0 Å². The van der Waals surface area contributed by atoms with Crippen molar-refractivity contribution < 1.29 is 9.32 Å². The van der Waals surface area contributed by atoms with Crippen LogP contribution in [0.25, 0.3) is 10.9 Å². The van der Waals surface area contributed by atoms with Gasteiger partial charge < -0.3 is 14.7 Å². The lowest BCUT2D eigenvalue weighted by Gasteiger charge is -2.20. The van der Waals surface area contributed by atoms with Gasteiger partial charge in [0.1, 0.15) is 5.76 Å². The van der Waals surface area contributed by atoms with Gasteiger partial charge in [-0.2, -0.15) is 0 Å². The van der Waals surface area contributed by atoms with Crippen LogP contribution in [0.4, 0.5) is 5.82 Å². The molecule has 8 nitrogen and oxygen atoms in total. The zero-order chi connectivity index (χ0) is 20.8. The largest absolute Gasteiger partial charge is 0.360 e. The molecule has 0 aliphatic rings. The molecule has 0 aliphatic heterocycles. The number of carbonyl (C=O) groups excluding carboxylic acids is 1. The lowest BCUT2D eigenvalue weighted by atomic mass is 10.2. The maximum atomic E-state index is 13.0. The monoisotopic (exact) mass is 415 g/mol. The number of aromatic nitrogens is 3. The zero-order valence-electron chi connectivity index (χ0n) is 16.8. The highest BCUT2D eigenvalue weighted by molar-refractivity contribution is 7.99. The van der Waals surface area contributed by atoms with Crippen LogP contribution in [0.1, 0.15) is 19.6 Å². The number of hydrogen-bond acceptors (Lipinski definition) is 7. The minimum absolute atomic E-state index is 0.0854. The van der Waals surface area contributed by atoms with E-state index in [-0.39, 0.29) is 17.2 Å². The van der Waals surface area contributed by atoms with Gasteiger partial charge in [-0.05, 0) is 32.1 Å². The Morgan fingerprint density at radius 1 is 1.28 bits per heavy atom. The van der Waals surface area contributed by atoms with E-state index < -0.39 is 0 Å². The number of benzene rings is 1. The number of para-hydroxylation sites is 1. The molecule has 3 rings (SSSR count). The first kappa shape index (κ1) is 21.1. The second-order valence-electron chi connectivity index (χ2n) is 6.55. The van der Waals surface area contributed by atoms with Crippen molar-refractivity contribution in [2.24, 2.45) is 0 Å². The summed E-state index contributed by atoms with van der Waals surface area (Å²) in [4.78, 5) is 32.2. The highest BCUT2D eigenvalue weighted by atomic mass is 32.2. The van der Waals surface area contributed by atoms with Gasteiger partial charge in [-0.15, -0.1) is 0 Å². The molecule has 1 aromatic carbocycles. The summed E-state index contributed by atoms with van der Waals surface area (Å²) in [5.41, 5.74) is 0.546. The Hall–Kier alpha value is -2.65. The third-order valence-electron chi connectivity index (χ3n) is 4.59. The molecule has 0 bridgehead atoms. The van der Waals surface area contributed by atoms with Crippen LogP contribution in [0, 0.1) is 6.92 Å². The van der Waals surface area contributed by atoms with Crippen molar-refractivity contribution in [2.45, 2.75) is 32.5 Å². The molecule has 2 heterocycles. The van der Waals surface area contributed by atoms with Gasteiger partial charge in [0.2, 0.25) is 5.91 Å². The van der Waals surface area contributed by atoms with Gasteiger partial charge in [-0.1, -0.05) is 42.9 Å². The molecule has 0 spiro atoms. The minimum Gasteiger partial charge on any atom is -0.360 e. The van der Waals surface area contributed by atoms with E-state index in [0.717, 1.165) is 19.6 Å². The van der Waals surface area contributed by atoms with Crippen molar-refractivity contribution in [3.63, 3.8) is 0 Å². The van der Waals surface area contributed by atoms with Gasteiger partial charge in [0.15, 0.2) is 11.0 Å². The van der Waals surface area contributed by atoms with Gasteiger partial charge in [0, 0.05) is 19.2 Å². The van der Waals surface area contributed by atoms with Gasteiger partial charge in [-0.3, -0.25) is 14.2 Å². The van der Waals surface area contributed by atoms with E-state index in [1.807, 2.05) is 18.2 Å². The summed E-state index contributed by atoms with van der Waals surface area (Å²) in [6, 6.07) is 8.93. The van der Waals surface area contributed by atoms with Crippen molar-refractivity contribution in [3.05, 3.63) is 46.4 Å². The fourth-order valence-corrected chi connectivity index (χ4v) is 3.80. The topological polar surface area (TPSA) is 93.3 Å². The smallest absolute Gasteiger partial charge is 0.262 e. The molecular formula is C20H25N5O3S. The zero-order valence-corrected chi connectivity index (χ0v) is 17.7. The number of aryl methyl sites for hydroxylation is 1. The first-order valence-electron chi connectivity index (χ1n) is 9.59. The first-order chi connectivity index (χ1) is 14.0. The summed E-state index contributed by atoms with van der Waals surface area (Å²) in [6.45, 7) is 9.02. The third-order valence-corrected chi connectivity index (χ3v) is 5.57. The van der Waals surface area contributed by atoms with E-state index in [4.69, 9.17) is 4.52 Å². The summed E-state index contributed by atoms with van der Waals surface area (Å²) in [7, 11) is 0. The molecule has 0 radical (unpaired) electrons. The third kappa shape index (κ3) is 5.24. The average molecular weight is 416 g/mol. The number of anilines is 1. The first-order valence-corrected chi connectivity index (χ1v) is 10.6. The SMILES string of the molecule is CCN(CC)CCn1c(SCC(=O)Nc2cc(C)on2)nc2ccccc2c1=O. The lowest BCUT2D eigenvalue weighted by molar-refractivity contribution is -0.113. The molecular weight excluding hydrogens is 390 g/mol. The Bertz CT molecular complexity index is 1040. The highest BCUT2D eigenvalue weighted by Crippen LogP contribution is 2.18. The maximum absolute atomic E-state index is 13.0. The summed E-state index contributed by atoms with van der Waals surface area (Å²) < 4.78 is 6.62. The quantitative estimate of drug-likeness (QED) is 0.424. The van der Waals surface area contributed by atoms with Crippen LogP contribution in [0.2, 0.25) is 0 Å². The summed E-state index contributed by atoms with van der Waals surface area (Å²) in [6.07, 6.45) is 0. The van der Waals surface area contributed by atoms with E-state index >= 15 is 0 Å². The number of hydrogen-bond donors (Lipinski definition) is 1. The molecule has 0 saturated heterocycles. The number of amides is 1. The standard InChI is InChI=1S/C20H25N5O3S/c1-4-24(5-2)10-11-25-19(27)15-8-6-7-9-16(15)21-20(25)29-13-18(26)22-17-12-14(3)28-23-17/h6-9,12H,4-5,10-11,13H2,1-3H3,(H,22,23,26). The van der Waals surface area contributed by atoms with Crippen molar-refractivity contribution in [1.29, 1.82) is 0 Å². The van der Waals surface area contributed by atoms with Gasteiger partial charge in [-0.25, -0.2) is 4.98 Å². The Morgan fingerprint density at radius 2 is 2.03 bits per heavy atom. The van der Waals surface area contributed by atoms with Gasteiger partial charge in [0.05, 0.1) is 16.7 Å². The summed E-state index contributed by atoms with van der Waals surface area (Å²) in [5.74, 6) is 0.871. The Kier molecular flexibility index (Phi) is 7.05. The number of rotatable bonds is 9. The number of nitrogens with zero attached hydrogens (tertiary/aromatic N) is 4. The minimum atomic E-state index is -0.235. The molecule has 0 atom stereocenters. The molecule has 0 saturated carbocycles. The average Bonchev–Trinajstić information content (AvgIpc) is 3.13. The van der Waals surface area contributed by atoms with E-state index in [0.29, 0.717) is 34.2 Å². The molecule has 9 heteroatoms. The van der Waals surface area contributed by atoms with E-state index in [1.54, 1.807) is 23.6 Å². The second-order valence-corrected chi connectivity index (χ2v) is 7.50. The van der Waals surface area contributed by atoms with Crippen LogP contribution in [-0.4, -0.2) is 50.9 Å². The van der Waals surface area contributed by atoms with Crippen LogP contribution in [-0.2, 0) is 11.3 Å². The van der Waals surface area contributed by atoms with Gasteiger partial charge >= 0.3 is 0 Å². The van der Waals surface area contributed by atoms with Crippen molar-refractivity contribution in [1.82, 2.24) is 19.6 Å². The molecule has 154 valence electrons. The predicted molar refractivity (Wildman–Crippen MR) is 114 cm³/mol. The van der Waals surface area contributed by atoms with E-state index in [1.165, 1.54) is 11.8 Å². The molecule has 1 amide bonds. The lowest BCUT2D eigenvalue weighted by Crippen LogP contribution is -2.32. The normalized spacial score (nSPS) is 11.3. The maximum Gasteiger partial charge on any atom is 0.262 e. The number of likely N-dealkylation sites (N-methyl/N-ethyl adjacent to an activating group) is 1. The highest BCUT2D eigenvalue weighted by Gasteiger charge is 2.14. The predicted octanol–water partition coefficient (Wildman–Crippen LogP) is 2.77. The Labute approximate surface area is 173 Å². The van der Waals surface area contributed by atoms with Crippen LogP contribution in [0.15, 0.2) is 44.8 Å². The van der Waals surface area contributed by atoms with E-state index in [2.05, 4.69) is 34.2 Å².